The quantitative estimate of drug-likeness (QED) is 0.825. The minimum atomic E-state index is -4.18. The van der Waals surface area contributed by atoms with Gasteiger partial charge in [-0.2, -0.15) is 13.2 Å². The van der Waals surface area contributed by atoms with E-state index in [1.807, 2.05) is 6.92 Å². The summed E-state index contributed by atoms with van der Waals surface area (Å²) in [5.41, 5.74) is 0.873. The van der Waals surface area contributed by atoms with Gasteiger partial charge in [0.25, 0.3) is 0 Å². The molecule has 1 unspecified atom stereocenters. The van der Waals surface area contributed by atoms with Crippen molar-refractivity contribution in [2.45, 2.75) is 32.0 Å². The number of hydrogen-bond donors (Lipinski definition) is 1. The van der Waals surface area contributed by atoms with Gasteiger partial charge in [-0.15, -0.1) is 0 Å². The second-order valence-electron chi connectivity index (χ2n) is 3.46. The smallest absolute Gasteiger partial charge is 0.388 e. The molecule has 0 radical (unpaired) electrons. The Balaban J connectivity index is 2.72. The van der Waals surface area contributed by atoms with Gasteiger partial charge in [-0.3, -0.25) is 0 Å². The summed E-state index contributed by atoms with van der Waals surface area (Å²) in [7, 11) is 0. The molecule has 0 heterocycles. The molecule has 1 aromatic carbocycles. The lowest BCUT2D eigenvalue weighted by Gasteiger charge is -2.10. The monoisotopic (exact) mass is 218 g/mol. The number of rotatable bonds is 3. The second kappa shape index (κ2) is 4.66. The highest BCUT2D eigenvalue weighted by Gasteiger charge is 2.27. The van der Waals surface area contributed by atoms with Crippen LogP contribution in [0.3, 0.4) is 0 Å². The van der Waals surface area contributed by atoms with Gasteiger partial charge in [-0.25, -0.2) is 0 Å². The third-order valence-electron chi connectivity index (χ3n) is 2.16. The first-order valence-electron chi connectivity index (χ1n) is 4.76. The molecule has 0 saturated heterocycles. The zero-order valence-electron chi connectivity index (χ0n) is 8.38. The fourth-order valence-electron chi connectivity index (χ4n) is 1.32. The topological polar surface area (TPSA) is 20.2 Å². The molecule has 1 aromatic rings. The number of aliphatic hydroxyl groups excluding tert-OH is 1. The van der Waals surface area contributed by atoms with Crippen LogP contribution in [0.15, 0.2) is 24.3 Å². The van der Waals surface area contributed by atoms with Crippen LogP contribution < -0.4 is 0 Å². The molecular weight excluding hydrogens is 205 g/mol. The van der Waals surface area contributed by atoms with Gasteiger partial charge in [0.15, 0.2) is 0 Å². The molecule has 4 heteroatoms. The lowest BCUT2D eigenvalue weighted by molar-refractivity contribution is -0.127. The molecule has 0 aliphatic rings. The van der Waals surface area contributed by atoms with Gasteiger partial charge in [0.2, 0.25) is 0 Å². The predicted molar refractivity (Wildman–Crippen MR) is 51.5 cm³/mol. The average Bonchev–Trinajstić information content (AvgIpc) is 2.15. The summed E-state index contributed by atoms with van der Waals surface area (Å²) in [6.45, 7) is 1.81. The van der Waals surface area contributed by atoms with E-state index in [1.54, 1.807) is 0 Å². The Morgan fingerprint density at radius 2 is 1.73 bits per heavy atom. The maximum absolute atomic E-state index is 12.0. The summed E-state index contributed by atoms with van der Waals surface area (Å²) in [5, 5.41) is 9.43. The number of alkyl halides is 3. The van der Waals surface area contributed by atoms with Crippen molar-refractivity contribution < 1.29 is 18.3 Å². The SMILES string of the molecule is CCC(O)c1ccc(CC(F)(F)F)cc1. The fourth-order valence-corrected chi connectivity index (χ4v) is 1.32. The molecular formula is C11H13F3O. The summed E-state index contributed by atoms with van der Waals surface area (Å²) in [6, 6.07) is 5.88. The first-order valence-corrected chi connectivity index (χ1v) is 4.76. The van der Waals surface area contributed by atoms with E-state index in [2.05, 4.69) is 0 Å². The van der Waals surface area contributed by atoms with Crippen molar-refractivity contribution >= 4 is 0 Å². The highest BCUT2D eigenvalue weighted by Crippen LogP contribution is 2.23. The van der Waals surface area contributed by atoms with E-state index in [9.17, 15) is 18.3 Å². The van der Waals surface area contributed by atoms with E-state index >= 15 is 0 Å². The average molecular weight is 218 g/mol. The Morgan fingerprint density at radius 3 is 2.13 bits per heavy atom. The van der Waals surface area contributed by atoms with Gasteiger partial charge < -0.3 is 5.11 Å². The van der Waals surface area contributed by atoms with Crippen LogP contribution in [0.25, 0.3) is 0 Å². The Labute approximate surface area is 86.5 Å². The van der Waals surface area contributed by atoms with E-state index in [1.165, 1.54) is 24.3 Å². The van der Waals surface area contributed by atoms with E-state index in [4.69, 9.17) is 0 Å². The number of aliphatic hydroxyl groups is 1. The normalized spacial score (nSPS) is 13.9. The third kappa shape index (κ3) is 3.91. The van der Waals surface area contributed by atoms with Crippen molar-refractivity contribution in [1.29, 1.82) is 0 Å². The lowest BCUT2D eigenvalue weighted by Crippen LogP contribution is -2.11. The molecule has 1 nitrogen and oxygen atoms in total. The Morgan fingerprint density at radius 1 is 1.20 bits per heavy atom. The molecule has 0 aliphatic carbocycles. The standard InChI is InChI=1S/C11H13F3O/c1-2-10(15)9-5-3-8(4-6-9)7-11(12,13)14/h3-6,10,15H,2,7H2,1H3. The van der Waals surface area contributed by atoms with Gasteiger partial charge in [-0.1, -0.05) is 31.2 Å². The fraction of sp³-hybridized carbons (Fsp3) is 0.455. The van der Waals surface area contributed by atoms with Crippen molar-refractivity contribution in [2.75, 3.05) is 0 Å². The Hall–Kier alpha value is -1.03. The van der Waals surface area contributed by atoms with Crippen LogP contribution in [0.1, 0.15) is 30.6 Å². The second-order valence-corrected chi connectivity index (χ2v) is 3.46. The summed E-state index contributed by atoms with van der Waals surface area (Å²) >= 11 is 0. The van der Waals surface area contributed by atoms with Crippen LogP contribution in [0.4, 0.5) is 13.2 Å². The van der Waals surface area contributed by atoms with Crippen LogP contribution in [-0.2, 0) is 6.42 Å². The summed E-state index contributed by atoms with van der Waals surface area (Å²) in [6.07, 6.45) is -5.14. The van der Waals surface area contributed by atoms with Gasteiger partial charge in [0, 0.05) is 0 Å². The molecule has 0 aliphatic heterocycles. The van der Waals surface area contributed by atoms with Crippen LogP contribution in [-0.4, -0.2) is 11.3 Å². The third-order valence-corrected chi connectivity index (χ3v) is 2.16. The van der Waals surface area contributed by atoms with Crippen molar-refractivity contribution in [3.05, 3.63) is 35.4 Å². The van der Waals surface area contributed by atoms with E-state index in [-0.39, 0.29) is 5.56 Å². The number of halogens is 3. The number of hydrogen-bond acceptors (Lipinski definition) is 1. The van der Waals surface area contributed by atoms with Gasteiger partial charge in [0.1, 0.15) is 0 Å². The maximum Gasteiger partial charge on any atom is 0.393 e. The highest BCUT2D eigenvalue weighted by molar-refractivity contribution is 5.24. The van der Waals surface area contributed by atoms with Crippen LogP contribution >= 0.6 is 0 Å². The predicted octanol–water partition coefficient (Wildman–Crippen LogP) is 3.23. The molecule has 1 atom stereocenters. The van der Waals surface area contributed by atoms with Crippen LogP contribution in [0.5, 0.6) is 0 Å². The molecule has 0 amide bonds. The molecule has 0 bridgehead atoms. The van der Waals surface area contributed by atoms with Crippen LogP contribution in [0, 0.1) is 0 Å². The molecule has 0 saturated carbocycles. The zero-order chi connectivity index (χ0) is 11.5. The number of benzene rings is 1. The first-order chi connectivity index (χ1) is 6.92. The maximum atomic E-state index is 12.0. The zero-order valence-corrected chi connectivity index (χ0v) is 8.38. The van der Waals surface area contributed by atoms with Crippen molar-refractivity contribution in [3.8, 4) is 0 Å². The molecule has 1 N–H and O–H groups in total. The molecule has 0 spiro atoms. The van der Waals surface area contributed by atoms with Crippen molar-refractivity contribution in [2.24, 2.45) is 0 Å². The van der Waals surface area contributed by atoms with E-state index in [0.717, 1.165) is 0 Å². The molecule has 84 valence electrons. The minimum absolute atomic E-state index is 0.217. The van der Waals surface area contributed by atoms with Gasteiger partial charge in [-0.05, 0) is 17.5 Å². The van der Waals surface area contributed by atoms with Gasteiger partial charge in [0.05, 0.1) is 12.5 Å². The van der Waals surface area contributed by atoms with E-state index in [0.29, 0.717) is 12.0 Å². The molecule has 0 aromatic heterocycles. The molecule has 1 rings (SSSR count). The largest absolute Gasteiger partial charge is 0.393 e. The lowest BCUT2D eigenvalue weighted by atomic mass is 10.0. The van der Waals surface area contributed by atoms with E-state index < -0.39 is 18.7 Å². The summed E-state index contributed by atoms with van der Waals surface area (Å²) in [4.78, 5) is 0. The van der Waals surface area contributed by atoms with Crippen LogP contribution in [0.2, 0.25) is 0 Å². The first kappa shape index (κ1) is 12.0. The Bertz CT molecular complexity index is 303. The minimum Gasteiger partial charge on any atom is -0.388 e. The summed E-state index contributed by atoms with van der Waals surface area (Å²) < 4.78 is 36.1. The van der Waals surface area contributed by atoms with Gasteiger partial charge >= 0.3 is 6.18 Å². The summed E-state index contributed by atoms with van der Waals surface area (Å²) in [5.74, 6) is 0. The molecule has 0 fully saturated rings. The molecule has 15 heavy (non-hydrogen) atoms. The van der Waals surface area contributed by atoms with Crippen molar-refractivity contribution in [1.82, 2.24) is 0 Å². The van der Waals surface area contributed by atoms with Crippen molar-refractivity contribution in [3.63, 3.8) is 0 Å². The Kier molecular flexibility index (Phi) is 3.74. The highest BCUT2D eigenvalue weighted by atomic mass is 19.4.